The maximum atomic E-state index is 13.6. The van der Waals surface area contributed by atoms with E-state index in [0.29, 0.717) is 41.5 Å². The molecule has 1 aliphatic rings. The Morgan fingerprint density at radius 2 is 1.46 bits per heavy atom. The molecule has 1 N–H and O–H groups in total. The van der Waals surface area contributed by atoms with E-state index in [1.54, 1.807) is 36.4 Å². The highest BCUT2D eigenvalue weighted by molar-refractivity contribution is 6.51. The average molecular weight is 494 g/mol. The van der Waals surface area contributed by atoms with Crippen LogP contribution in [-0.4, -0.2) is 30.0 Å². The fraction of sp³-hybridized carbons (Fsp3) is 0.161. The number of nitrogens with zero attached hydrogens (tertiary/aromatic N) is 1. The molecule has 0 aromatic heterocycles. The van der Waals surface area contributed by atoms with Crippen LogP contribution in [-0.2, 0) is 9.59 Å². The van der Waals surface area contributed by atoms with Gasteiger partial charge in [0.1, 0.15) is 17.3 Å². The summed E-state index contributed by atoms with van der Waals surface area (Å²) in [4.78, 5) is 28.5. The van der Waals surface area contributed by atoms with Gasteiger partial charge in [0.2, 0.25) is 0 Å². The molecule has 1 unspecified atom stereocenters. The van der Waals surface area contributed by atoms with Crippen LogP contribution in [0.15, 0.2) is 96.6 Å². The van der Waals surface area contributed by atoms with Gasteiger partial charge in [-0.1, -0.05) is 60.7 Å². The monoisotopic (exact) mass is 493 g/mol. The predicted molar refractivity (Wildman–Crippen MR) is 144 cm³/mol. The van der Waals surface area contributed by atoms with Gasteiger partial charge in [0, 0.05) is 17.3 Å². The molecule has 0 radical (unpaired) electrons. The van der Waals surface area contributed by atoms with Crippen molar-refractivity contribution in [1.29, 1.82) is 0 Å². The third-order valence-corrected chi connectivity index (χ3v) is 6.38. The Labute approximate surface area is 215 Å². The van der Waals surface area contributed by atoms with Crippen LogP contribution in [0.25, 0.3) is 16.5 Å². The SMILES string of the molecule is CCOc1cccc(C2/C(=C(/O)c3cccc4ccccc34)C(=O)C(=O)N2c2cccc(OCC)c2)c1. The summed E-state index contributed by atoms with van der Waals surface area (Å²) >= 11 is 0. The largest absolute Gasteiger partial charge is 0.507 e. The predicted octanol–water partition coefficient (Wildman–Crippen LogP) is 6.26. The summed E-state index contributed by atoms with van der Waals surface area (Å²) in [6, 6.07) is 26.6. The maximum absolute atomic E-state index is 13.6. The number of fused-ring (bicyclic) bond motifs is 1. The van der Waals surface area contributed by atoms with Gasteiger partial charge < -0.3 is 14.6 Å². The zero-order chi connectivity index (χ0) is 25.9. The molecule has 1 amide bonds. The number of aliphatic hydroxyl groups excluding tert-OH is 1. The van der Waals surface area contributed by atoms with Crippen molar-refractivity contribution >= 4 is 33.9 Å². The highest BCUT2D eigenvalue weighted by Crippen LogP contribution is 2.44. The Hall–Kier alpha value is -4.58. The lowest BCUT2D eigenvalue weighted by atomic mass is 9.93. The molecule has 0 spiro atoms. The summed E-state index contributed by atoms with van der Waals surface area (Å²) in [6.45, 7) is 4.69. The van der Waals surface area contributed by atoms with E-state index in [0.717, 1.165) is 10.8 Å². The van der Waals surface area contributed by atoms with Gasteiger partial charge >= 0.3 is 0 Å². The number of aliphatic hydroxyl groups is 1. The van der Waals surface area contributed by atoms with E-state index < -0.39 is 17.7 Å². The number of ketones is 1. The Morgan fingerprint density at radius 1 is 0.811 bits per heavy atom. The summed E-state index contributed by atoms with van der Waals surface area (Å²) in [6.07, 6.45) is 0. The van der Waals surface area contributed by atoms with Crippen LogP contribution in [0.4, 0.5) is 5.69 Å². The van der Waals surface area contributed by atoms with Crippen molar-refractivity contribution in [2.24, 2.45) is 0 Å². The Balaban J connectivity index is 1.75. The Kier molecular flexibility index (Phi) is 6.64. The van der Waals surface area contributed by atoms with Gasteiger partial charge in [0.25, 0.3) is 11.7 Å². The second-order valence-corrected chi connectivity index (χ2v) is 8.63. The molecule has 1 atom stereocenters. The topological polar surface area (TPSA) is 76.1 Å². The standard InChI is InChI=1S/C31H27NO5/c1-3-36-23-14-7-12-21(18-23)28-27(29(33)26-17-8-11-20-10-5-6-16-25(20)26)30(34)31(35)32(28)22-13-9-15-24(19-22)37-4-2/h5-19,28,33H,3-4H2,1-2H3/b29-27-. The first kappa shape index (κ1) is 24.1. The number of carbonyl (C=O) groups is 2. The van der Waals surface area contributed by atoms with Crippen LogP contribution in [0.2, 0.25) is 0 Å². The van der Waals surface area contributed by atoms with Crippen molar-refractivity contribution in [2.45, 2.75) is 19.9 Å². The van der Waals surface area contributed by atoms with E-state index in [1.807, 2.05) is 68.4 Å². The molecule has 1 fully saturated rings. The van der Waals surface area contributed by atoms with Crippen molar-refractivity contribution in [3.8, 4) is 11.5 Å². The number of amides is 1. The quantitative estimate of drug-likeness (QED) is 0.187. The van der Waals surface area contributed by atoms with E-state index in [4.69, 9.17) is 9.47 Å². The first-order valence-corrected chi connectivity index (χ1v) is 12.3. The van der Waals surface area contributed by atoms with Crippen LogP contribution < -0.4 is 14.4 Å². The smallest absolute Gasteiger partial charge is 0.300 e. The summed E-state index contributed by atoms with van der Waals surface area (Å²) in [5.41, 5.74) is 1.66. The zero-order valence-electron chi connectivity index (χ0n) is 20.7. The summed E-state index contributed by atoms with van der Waals surface area (Å²) in [7, 11) is 0. The number of carbonyl (C=O) groups excluding carboxylic acids is 2. The lowest BCUT2D eigenvalue weighted by molar-refractivity contribution is -0.132. The van der Waals surface area contributed by atoms with Crippen LogP contribution >= 0.6 is 0 Å². The maximum Gasteiger partial charge on any atom is 0.300 e. The number of rotatable bonds is 7. The van der Waals surface area contributed by atoms with Crippen molar-refractivity contribution in [1.82, 2.24) is 0 Å². The molecule has 186 valence electrons. The normalized spacial score (nSPS) is 16.8. The van der Waals surface area contributed by atoms with Crippen molar-refractivity contribution in [3.63, 3.8) is 0 Å². The number of ether oxygens (including phenoxy) is 2. The van der Waals surface area contributed by atoms with Crippen LogP contribution in [0, 0.1) is 0 Å². The van der Waals surface area contributed by atoms with Crippen LogP contribution in [0.1, 0.15) is 31.0 Å². The van der Waals surface area contributed by atoms with Gasteiger partial charge in [-0.05, 0) is 54.4 Å². The molecule has 0 aliphatic carbocycles. The minimum Gasteiger partial charge on any atom is -0.507 e. The molecule has 4 aromatic rings. The van der Waals surface area contributed by atoms with E-state index in [9.17, 15) is 14.7 Å². The average Bonchev–Trinajstić information content (AvgIpc) is 3.19. The number of hydrogen-bond donors (Lipinski definition) is 1. The lowest BCUT2D eigenvalue weighted by Crippen LogP contribution is -2.29. The van der Waals surface area contributed by atoms with Crippen LogP contribution in [0.5, 0.6) is 11.5 Å². The molecule has 6 heteroatoms. The van der Waals surface area contributed by atoms with Gasteiger partial charge in [-0.2, -0.15) is 0 Å². The molecule has 37 heavy (non-hydrogen) atoms. The highest BCUT2D eigenvalue weighted by atomic mass is 16.5. The number of benzene rings is 4. The van der Waals surface area contributed by atoms with E-state index in [2.05, 4.69) is 0 Å². The number of hydrogen-bond acceptors (Lipinski definition) is 5. The molecule has 0 bridgehead atoms. The minimum atomic E-state index is -0.865. The van der Waals surface area contributed by atoms with E-state index in [1.165, 1.54) is 4.90 Å². The Morgan fingerprint density at radius 3 is 2.22 bits per heavy atom. The summed E-state index contributed by atoms with van der Waals surface area (Å²) < 4.78 is 11.4. The molecule has 1 heterocycles. The molecular formula is C31H27NO5. The summed E-state index contributed by atoms with van der Waals surface area (Å²) in [5, 5.41) is 13.3. The first-order valence-electron chi connectivity index (χ1n) is 12.3. The van der Waals surface area contributed by atoms with Crippen molar-refractivity contribution in [3.05, 3.63) is 108 Å². The second-order valence-electron chi connectivity index (χ2n) is 8.63. The fourth-order valence-electron chi connectivity index (χ4n) is 4.82. The molecule has 4 aromatic carbocycles. The van der Waals surface area contributed by atoms with Gasteiger partial charge in [-0.25, -0.2) is 0 Å². The third kappa shape index (κ3) is 4.42. The summed E-state index contributed by atoms with van der Waals surface area (Å²) in [5.74, 6) is -0.497. The van der Waals surface area contributed by atoms with Gasteiger partial charge in [-0.15, -0.1) is 0 Å². The fourth-order valence-corrected chi connectivity index (χ4v) is 4.82. The van der Waals surface area contributed by atoms with Crippen molar-refractivity contribution in [2.75, 3.05) is 18.1 Å². The highest BCUT2D eigenvalue weighted by Gasteiger charge is 2.47. The molecule has 5 rings (SSSR count). The van der Waals surface area contributed by atoms with E-state index >= 15 is 0 Å². The van der Waals surface area contributed by atoms with Crippen LogP contribution in [0.3, 0.4) is 0 Å². The van der Waals surface area contributed by atoms with Gasteiger partial charge in [0.15, 0.2) is 0 Å². The van der Waals surface area contributed by atoms with E-state index in [-0.39, 0.29) is 11.3 Å². The second kappa shape index (κ2) is 10.2. The third-order valence-electron chi connectivity index (χ3n) is 6.38. The van der Waals surface area contributed by atoms with Gasteiger partial charge in [0.05, 0.1) is 24.8 Å². The molecule has 6 nitrogen and oxygen atoms in total. The van der Waals surface area contributed by atoms with Gasteiger partial charge in [-0.3, -0.25) is 14.5 Å². The molecular weight excluding hydrogens is 466 g/mol. The van der Waals surface area contributed by atoms with Crippen molar-refractivity contribution < 1.29 is 24.2 Å². The first-order chi connectivity index (χ1) is 18.0. The molecule has 0 saturated carbocycles. The number of Topliss-reactive ketones (excluding diaryl/α,β-unsaturated/α-hetero) is 1. The number of anilines is 1. The lowest BCUT2D eigenvalue weighted by Gasteiger charge is -2.26. The minimum absolute atomic E-state index is 0.0248. The zero-order valence-corrected chi connectivity index (χ0v) is 20.7. The molecule has 1 saturated heterocycles. The Bertz CT molecular complexity index is 1520. The molecule has 1 aliphatic heterocycles.